The molecule has 4 aliphatic rings. The summed E-state index contributed by atoms with van der Waals surface area (Å²) >= 11 is 0. The molecule has 0 saturated carbocycles. The van der Waals surface area contributed by atoms with E-state index in [1.807, 2.05) is 18.2 Å². The Bertz CT molecular complexity index is 2560. The number of hydrogen-bond acceptors (Lipinski definition) is 1. The molecule has 1 nitrogen and oxygen atoms in total. The second-order valence-electron chi connectivity index (χ2n) is 16.1. The maximum atomic E-state index is 3.71. The monoisotopic (exact) mass is 667 g/mol. The van der Waals surface area contributed by atoms with Crippen molar-refractivity contribution in [3.63, 3.8) is 0 Å². The first-order valence-corrected chi connectivity index (χ1v) is 18.4. The molecule has 0 N–H and O–H groups in total. The molecule has 3 heterocycles. The standard InChI is InChI=1S/C51H41N/c1-49(2)40-28-37(25-22-34-16-10-7-11-17-34)30-42-46(40)52-47-41(49)29-38(26-23-35-18-12-8-13-19-35)31-43(47)51(5,6)45-33-39(27-24-36-20-14-9-15-21-36)32-44(48(45)52)50(42,3)4/h7-21,28-32,39H,33H2,1-6H3. The van der Waals surface area contributed by atoms with Gasteiger partial charge in [0, 0.05) is 50.0 Å². The molecule has 0 spiro atoms. The summed E-state index contributed by atoms with van der Waals surface area (Å²) in [4.78, 5) is 2.64. The summed E-state index contributed by atoms with van der Waals surface area (Å²) in [5.41, 5.74) is 16.6. The average Bonchev–Trinajstić information content (AvgIpc) is 3.15. The van der Waals surface area contributed by atoms with E-state index in [9.17, 15) is 0 Å². The van der Waals surface area contributed by atoms with Crippen LogP contribution in [0.5, 0.6) is 0 Å². The normalized spacial score (nSPS) is 18.7. The fraction of sp³-hybridized carbons (Fsp3) is 0.216. The molecule has 0 radical (unpaired) electrons. The van der Waals surface area contributed by atoms with Crippen LogP contribution >= 0.6 is 0 Å². The van der Waals surface area contributed by atoms with Crippen molar-refractivity contribution in [2.24, 2.45) is 5.92 Å². The lowest BCUT2D eigenvalue weighted by Gasteiger charge is -2.57. The highest BCUT2D eigenvalue weighted by Gasteiger charge is 2.54. The summed E-state index contributed by atoms with van der Waals surface area (Å²) in [5, 5.41) is 0. The summed E-state index contributed by atoms with van der Waals surface area (Å²) < 4.78 is 0. The van der Waals surface area contributed by atoms with Crippen LogP contribution in [0.1, 0.15) is 98.0 Å². The van der Waals surface area contributed by atoms with E-state index in [-0.39, 0.29) is 22.2 Å². The van der Waals surface area contributed by atoms with Crippen LogP contribution in [-0.4, -0.2) is 0 Å². The van der Waals surface area contributed by atoms with Crippen molar-refractivity contribution in [2.45, 2.75) is 64.2 Å². The molecule has 1 atom stereocenters. The zero-order valence-electron chi connectivity index (χ0n) is 30.8. The zero-order valence-corrected chi connectivity index (χ0v) is 30.8. The average molecular weight is 668 g/mol. The van der Waals surface area contributed by atoms with E-state index in [1.54, 1.807) is 0 Å². The minimum absolute atomic E-state index is 0.0953. The van der Waals surface area contributed by atoms with E-state index >= 15 is 0 Å². The third kappa shape index (κ3) is 4.90. The van der Waals surface area contributed by atoms with Gasteiger partial charge in [0.25, 0.3) is 0 Å². The van der Waals surface area contributed by atoms with Crippen LogP contribution in [0.3, 0.4) is 0 Å². The lowest BCUT2D eigenvalue weighted by molar-refractivity contribution is 0.501. The van der Waals surface area contributed by atoms with Crippen molar-refractivity contribution in [1.82, 2.24) is 0 Å². The Balaban J connectivity index is 1.32. The summed E-state index contributed by atoms with van der Waals surface area (Å²) in [7, 11) is 0. The highest BCUT2D eigenvalue weighted by atomic mass is 15.2. The minimum atomic E-state index is -0.288. The number of rotatable bonds is 0. The van der Waals surface area contributed by atoms with Crippen molar-refractivity contribution in [3.05, 3.63) is 188 Å². The van der Waals surface area contributed by atoms with Crippen LogP contribution in [0.25, 0.3) is 0 Å². The van der Waals surface area contributed by atoms with Gasteiger partial charge in [0.15, 0.2) is 0 Å². The highest BCUT2D eigenvalue weighted by Crippen LogP contribution is 2.66. The van der Waals surface area contributed by atoms with Gasteiger partial charge in [-0.2, -0.15) is 0 Å². The van der Waals surface area contributed by atoms with Gasteiger partial charge in [0.1, 0.15) is 0 Å². The Kier molecular flexibility index (Phi) is 7.10. The fourth-order valence-electron chi connectivity index (χ4n) is 8.84. The SMILES string of the molecule is CC1(C)C2=CC(C#Cc3ccccc3)CC3=C2N2c4c1cc(C#Cc1ccccc1)cc4C(C)(C)c1cc(C#Cc4ccccc4)cc(c12)C3(C)C. The first-order valence-electron chi connectivity index (χ1n) is 18.4. The van der Waals surface area contributed by atoms with Gasteiger partial charge in [-0.05, 0) is 100 Å². The molecule has 1 unspecified atom stereocenters. The zero-order chi connectivity index (χ0) is 35.8. The number of allylic oxidation sites excluding steroid dienone is 3. The first-order chi connectivity index (χ1) is 25.0. The van der Waals surface area contributed by atoms with E-state index in [4.69, 9.17) is 0 Å². The van der Waals surface area contributed by atoms with Crippen molar-refractivity contribution < 1.29 is 0 Å². The van der Waals surface area contributed by atoms with Gasteiger partial charge in [-0.25, -0.2) is 0 Å². The van der Waals surface area contributed by atoms with E-state index in [0.717, 1.165) is 34.2 Å². The van der Waals surface area contributed by atoms with Crippen LogP contribution in [0, 0.1) is 41.4 Å². The molecular formula is C51H41N. The van der Waals surface area contributed by atoms with Gasteiger partial charge in [-0.3, -0.25) is 0 Å². The van der Waals surface area contributed by atoms with E-state index in [2.05, 4.69) is 185 Å². The molecule has 1 aliphatic carbocycles. The second kappa shape index (κ2) is 11.5. The number of benzene rings is 5. The highest BCUT2D eigenvalue weighted by molar-refractivity contribution is 5.94. The second-order valence-corrected chi connectivity index (χ2v) is 16.1. The Hall–Kier alpha value is -5.94. The van der Waals surface area contributed by atoms with E-state index in [1.165, 1.54) is 50.5 Å². The van der Waals surface area contributed by atoms with E-state index < -0.39 is 0 Å². The Labute approximate surface area is 309 Å². The van der Waals surface area contributed by atoms with Gasteiger partial charge in [-0.15, -0.1) is 0 Å². The molecule has 0 bridgehead atoms. The molecule has 5 aromatic carbocycles. The van der Waals surface area contributed by atoms with Crippen molar-refractivity contribution in [1.29, 1.82) is 0 Å². The van der Waals surface area contributed by atoms with E-state index in [0.29, 0.717) is 0 Å². The number of hydrogen-bond donors (Lipinski definition) is 0. The Morgan fingerprint density at radius 3 is 1.37 bits per heavy atom. The molecule has 0 aromatic heterocycles. The molecule has 250 valence electrons. The smallest absolute Gasteiger partial charge is 0.0544 e. The molecule has 1 heteroatoms. The van der Waals surface area contributed by atoms with Gasteiger partial charge < -0.3 is 4.90 Å². The van der Waals surface area contributed by atoms with Crippen LogP contribution in [-0.2, 0) is 16.2 Å². The third-order valence-corrected chi connectivity index (χ3v) is 11.8. The molecule has 0 amide bonds. The lowest BCUT2D eigenvalue weighted by atomic mass is 9.57. The molecule has 52 heavy (non-hydrogen) atoms. The summed E-state index contributed by atoms with van der Waals surface area (Å²) in [6.45, 7) is 14.5. The topological polar surface area (TPSA) is 3.24 Å². The molecule has 5 aromatic rings. The van der Waals surface area contributed by atoms with Crippen LogP contribution < -0.4 is 4.90 Å². The summed E-state index contributed by atoms with van der Waals surface area (Å²) in [5.74, 6) is 21.4. The largest absolute Gasteiger partial charge is 0.309 e. The third-order valence-electron chi connectivity index (χ3n) is 11.8. The van der Waals surface area contributed by atoms with Crippen molar-refractivity contribution >= 4 is 11.4 Å². The number of nitrogens with zero attached hydrogens (tertiary/aromatic N) is 1. The molecular weight excluding hydrogens is 627 g/mol. The Morgan fingerprint density at radius 1 is 0.481 bits per heavy atom. The van der Waals surface area contributed by atoms with Gasteiger partial charge >= 0.3 is 0 Å². The molecule has 0 saturated heterocycles. The van der Waals surface area contributed by atoms with Crippen LogP contribution in [0.15, 0.2) is 138 Å². The predicted octanol–water partition coefficient (Wildman–Crippen LogP) is 11.1. The maximum Gasteiger partial charge on any atom is 0.0544 e. The van der Waals surface area contributed by atoms with Crippen molar-refractivity contribution in [2.75, 3.05) is 4.90 Å². The maximum absolute atomic E-state index is 3.71. The van der Waals surface area contributed by atoms with Crippen LogP contribution in [0.4, 0.5) is 11.4 Å². The van der Waals surface area contributed by atoms with Gasteiger partial charge in [-0.1, -0.05) is 138 Å². The fourth-order valence-corrected chi connectivity index (χ4v) is 8.84. The van der Waals surface area contributed by atoms with Gasteiger partial charge in [0.05, 0.1) is 17.1 Å². The van der Waals surface area contributed by atoms with Gasteiger partial charge in [0.2, 0.25) is 0 Å². The summed E-state index contributed by atoms with van der Waals surface area (Å²) in [6, 6.07) is 40.5. The quantitative estimate of drug-likeness (QED) is 0.149. The molecule has 0 fully saturated rings. The predicted molar refractivity (Wildman–Crippen MR) is 215 cm³/mol. The molecule has 9 rings (SSSR count). The molecule has 3 aliphatic heterocycles. The van der Waals surface area contributed by atoms with Crippen LogP contribution in [0.2, 0.25) is 0 Å². The summed E-state index contributed by atoms with van der Waals surface area (Å²) in [6.07, 6.45) is 3.38. The van der Waals surface area contributed by atoms with Crippen molar-refractivity contribution in [3.8, 4) is 35.5 Å². The lowest BCUT2D eigenvalue weighted by Crippen LogP contribution is -2.48. The first kappa shape index (κ1) is 32.0. The Morgan fingerprint density at radius 2 is 0.885 bits per heavy atom. The number of anilines is 2. The minimum Gasteiger partial charge on any atom is -0.309 e.